The fraction of sp³-hybridized carbons (Fsp3) is 0.308. The normalized spacial score (nSPS) is 14.9. The van der Waals surface area contributed by atoms with E-state index in [2.05, 4.69) is 28.8 Å². The number of esters is 1. The van der Waals surface area contributed by atoms with Crippen LogP contribution >= 0.6 is 11.6 Å². The number of amides is 1. The minimum atomic E-state index is -0.162. The zero-order chi connectivity index (χ0) is 22.7. The van der Waals surface area contributed by atoms with E-state index in [0.29, 0.717) is 37.6 Å². The molecule has 165 valence electrons. The lowest BCUT2D eigenvalue weighted by Crippen LogP contribution is -2.39. The maximum Gasteiger partial charge on any atom is 0.309 e. The number of benzene rings is 2. The molecule has 5 nitrogen and oxygen atoms in total. The molecule has 1 saturated heterocycles. The Balaban J connectivity index is 1.51. The van der Waals surface area contributed by atoms with Gasteiger partial charge in [-0.25, -0.2) is 0 Å². The van der Waals surface area contributed by atoms with E-state index in [-0.39, 0.29) is 17.8 Å². The van der Waals surface area contributed by atoms with Crippen molar-refractivity contribution < 1.29 is 14.3 Å². The minimum Gasteiger partial charge on any atom is -0.466 e. The third kappa shape index (κ3) is 4.58. The van der Waals surface area contributed by atoms with Gasteiger partial charge >= 0.3 is 5.97 Å². The number of halogens is 1. The number of fused-ring (bicyclic) bond motifs is 1. The summed E-state index contributed by atoms with van der Waals surface area (Å²) in [7, 11) is 2.01. The van der Waals surface area contributed by atoms with Crippen LogP contribution in [0.15, 0.2) is 48.7 Å². The average molecular weight is 450 g/mol. The Morgan fingerprint density at radius 2 is 2.00 bits per heavy atom. The summed E-state index contributed by atoms with van der Waals surface area (Å²) in [4.78, 5) is 26.5. The van der Waals surface area contributed by atoms with Gasteiger partial charge in [0.15, 0.2) is 0 Å². The largest absolute Gasteiger partial charge is 0.466 e. The molecule has 0 bridgehead atoms. The first-order valence-corrected chi connectivity index (χ1v) is 11.2. The maximum atomic E-state index is 12.8. The molecule has 2 aromatic carbocycles. The van der Waals surface area contributed by atoms with E-state index >= 15 is 0 Å². The molecule has 1 radical (unpaired) electrons. The predicted octanol–water partition coefficient (Wildman–Crippen LogP) is 5.11. The van der Waals surface area contributed by atoms with Crippen molar-refractivity contribution in [2.24, 2.45) is 13.0 Å². The van der Waals surface area contributed by atoms with E-state index in [1.165, 1.54) is 0 Å². The maximum absolute atomic E-state index is 12.8. The fourth-order valence-electron chi connectivity index (χ4n) is 4.22. The Kier molecular flexibility index (Phi) is 6.66. The highest BCUT2D eigenvalue weighted by Gasteiger charge is 2.27. The highest BCUT2D eigenvalue weighted by atomic mass is 35.5. The van der Waals surface area contributed by atoms with Crippen LogP contribution in [0.3, 0.4) is 0 Å². The molecule has 6 heteroatoms. The lowest BCUT2D eigenvalue weighted by atomic mass is 9.96. The van der Waals surface area contributed by atoms with E-state index in [1.807, 2.05) is 31.5 Å². The molecule has 3 aromatic rings. The fourth-order valence-corrected chi connectivity index (χ4v) is 4.50. The van der Waals surface area contributed by atoms with Crippen LogP contribution in [-0.2, 0) is 21.4 Å². The van der Waals surface area contributed by atoms with Gasteiger partial charge in [0.1, 0.15) is 0 Å². The number of hydrogen-bond donors (Lipinski definition) is 0. The average Bonchev–Trinajstić information content (AvgIpc) is 3.17. The van der Waals surface area contributed by atoms with Crippen molar-refractivity contribution >= 4 is 40.5 Å². The predicted molar refractivity (Wildman–Crippen MR) is 127 cm³/mol. The first-order chi connectivity index (χ1) is 15.5. The monoisotopic (exact) mass is 449 g/mol. The van der Waals surface area contributed by atoms with Crippen LogP contribution in [0.4, 0.5) is 0 Å². The summed E-state index contributed by atoms with van der Waals surface area (Å²) in [6.45, 7) is 3.29. The quantitative estimate of drug-likeness (QED) is 0.401. The molecule has 1 aliphatic heterocycles. The van der Waals surface area contributed by atoms with Crippen molar-refractivity contribution in [3.05, 3.63) is 65.3 Å². The van der Waals surface area contributed by atoms with Gasteiger partial charge < -0.3 is 14.2 Å². The molecule has 0 atom stereocenters. The van der Waals surface area contributed by atoms with Gasteiger partial charge in [-0.05, 0) is 55.2 Å². The molecule has 0 aliphatic carbocycles. The number of aromatic nitrogens is 1. The van der Waals surface area contributed by atoms with E-state index < -0.39 is 0 Å². The lowest BCUT2D eigenvalue weighted by Gasteiger charge is -2.30. The molecular weight excluding hydrogens is 424 g/mol. The number of likely N-dealkylation sites (tertiary alicyclic amines) is 1. The number of ether oxygens (including phenoxy) is 1. The van der Waals surface area contributed by atoms with Gasteiger partial charge in [0.25, 0.3) is 0 Å². The molecule has 0 spiro atoms. The van der Waals surface area contributed by atoms with Gasteiger partial charge in [0.2, 0.25) is 5.91 Å². The Morgan fingerprint density at radius 1 is 1.22 bits per heavy atom. The molecule has 2 heterocycles. The molecule has 1 aliphatic rings. The lowest BCUT2D eigenvalue weighted by molar-refractivity contribution is -0.150. The van der Waals surface area contributed by atoms with Gasteiger partial charge in [-0.1, -0.05) is 29.8 Å². The minimum absolute atomic E-state index is 0.0688. The Labute approximate surface area is 193 Å². The summed E-state index contributed by atoms with van der Waals surface area (Å²) in [6, 6.07) is 15.0. The molecule has 32 heavy (non-hydrogen) atoms. The van der Waals surface area contributed by atoms with Gasteiger partial charge in [-0.15, -0.1) is 0 Å². The third-order valence-electron chi connectivity index (χ3n) is 5.99. The zero-order valence-electron chi connectivity index (χ0n) is 18.3. The van der Waals surface area contributed by atoms with Crippen molar-refractivity contribution in [2.45, 2.75) is 19.8 Å². The Hall–Kier alpha value is -3.05. The number of aryl methyl sites for hydroxylation is 1. The molecule has 1 aromatic heterocycles. The summed E-state index contributed by atoms with van der Waals surface area (Å²) in [5.41, 5.74) is 3.83. The SMILES string of the molecule is CCOC(=O)C1CCN(C(=O)/C=C/c2cc[c]c(Cl)c2-c2ccc3c(ccn3C)c2)CC1. The summed E-state index contributed by atoms with van der Waals surface area (Å²) in [5, 5.41) is 1.64. The first kappa shape index (κ1) is 22.2. The van der Waals surface area contributed by atoms with E-state index in [4.69, 9.17) is 16.3 Å². The summed E-state index contributed by atoms with van der Waals surface area (Å²) >= 11 is 6.52. The molecule has 0 saturated carbocycles. The van der Waals surface area contributed by atoms with E-state index in [9.17, 15) is 9.59 Å². The number of carbonyl (C=O) groups is 2. The second-order valence-corrected chi connectivity index (χ2v) is 8.39. The van der Waals surface area contributed by atoms with Gasteiger partial charge in [0.05, 0.1) is 17.5 Å². The molecule has 0 unspecified atom stereocenters. The number of nitrogens with zero attached hydrogens (tertiary/aromatic N) is 2. The van der Waals surface area contributed by atoms with E-state index in [0.717, 1.165) is 27.6 Å². The zero-order valence-corrected chi connectivity index (χ0v) is 19.1. The summed E-state index contributed by atoms with van der Waals surface area (Å²) < 4.78 is 7.18. The van der Waals surface area contributed by atoms with Crippen LogP contribution in [-0.4, -0.2) is 41.0 Å². The van der Waals surface area contributed by atoms with Crippen LogP contribution in [0, 0.1) is 12.0 Å². The molecule has 0 N–H and O–H groups in total. The Bertz CT molecular complexity index is 1170. The van der Waals surface area contributed by atoms with Crippen molar-refractivity contribution in [2.75, 3.05) is 19.7 Å². The number of hydrogen-bond acceptors (Lipinski definition) is 3. The molecule has 1 amide bonds. The highest BCUT2D eigenvalue weighted by molar-refractivity contribution is 6.33. The summed E-state index contributed by atoms with van der Waals surface area (Å²) in [5.74, 6) is -0.350. The van der Waals surface area contributed by atoms with Crippen LogP contribution in [0.1, 0.15) is 25.3 Å². The van der Waals surface area contributed by atoms with Crippen molar-refractivity contribution in [3.8, 4) is 11.1 Å². The second-order valence-electron chi connectivity index (χ2n) is 8.01. The topological polar surface area (TPSA) is 51.5 Å². The Morgan fingerprint density at radius 3 is 2.75 bits per heavy atom. The third-order valence-corrected chi connectivity index (χ3v) is 6.29. The molecule has 1 fully saturated rings. The first-order valence-electron chi connectivity index (χ1n) is 10.9. The number of rotatable bonds is 5. The second kappa shape index (κ2) is 9.61. The molecule has 4 rings (SSSR count). The van der Waals surface area contributed by atoms with Crippen molar-refractivity contribution in [3.63, 3.8) is 0 Å². The van der Waals surface area contributed by atoms with Crippen LogP contribution in [0.25, 0.3) is 28.1 Å². The standard InChI is InChI=1S/C26H26ClN2O3/c1-3-32-26(31)19-12-15-29(16-13-19)24(30)10-8-18-5-4-6-22(27)25(18)21-7-9-23-20(17-21)11-14-28(23)2/h4-5,7-11,14,17,19H,3,12-13,15-16H2,1-2H3/b10-8+. The number of piperidine rings is 1. The van der Waals surface area contributed by atoms with Crippen LogP contribution < -0.4 is 0 Å². The van der Waals surface area contributed by atoms with Crippen molar-refractivity contribution in [1.82, 2.24) is 9.47 Å². The smallest absolute Gasteiger partial charge is 0.309 e. The number of carbonyl (C=O) groups excluding carboxylic acids is 2. The van der Waals surface area contributed by atoms with E-state index in [1.54, 1.807) is 24.0 Å². The highest BCUT2D eigenvalue weighted by Crippen LogP contribution is 2.34. The van der Waals surface area contributed by atoms with Crippen molar-refractivity contribution in [1.29, 1.82) is 0 Å². The van der Waals surface area contributed by atoms with Crippen LogP contribution in [0.2, 0.25) is 5.02 Å². The molecular formula is C26H26ClN2O3. The van der Waals surface area contributed by atoms with Gasteiger partial charge in [0, 0.05) is 54.9 Å². The van der Waals surface area contributed by atoms with Crippen LogP contribution in [0.5, 0.6) is 0 Å². The van der Waals surface area contributed by atoms with Gasteiger partial charge in [-0.2, -0.15) is 0 Å². The van der Waals surface area contributed by atoms with Gasteiger partial charge in [-0.3, -0.25) is 9.59 Å². The summed E-state index contributed by atoms with van der Waals surface area (Å²) in [6.07, 6.45) is 6.68.